The van der Waals surface area contributed by atoms with Crippen LogP contribution in [0, 0.1) is 5.92 Å². The molecule has 1 N–H and O–H groups in total. The van der Waals surface area contributed by atoms with Crippen molar-refractivity contribution < 1.29 is 9.53 Å². The first-order valence-corrected chi connectivity index (χ1v) is 9.78. The molecule has 0 unspecified atom stereocenters. The number of carbonyl (C=O) groups is 1. The summed E-state index contributed by atoms with van der Waals surface area (Å²) in [6.45, 7) is 10.8. The van der Waals surface area contributed by atoms with Gasteiger partial charge in [-0.1, -0.05) is 33.6 Å². The largest absolute Gasteiger partial charge is 0.379 e. The Morgan fingerprint density at radius 1 is 1.23 bits per heavy atom. The minimum absolute atomic E-state index is 0.174. The molecule has 1 aromatic rings. The van der Waals surface area contributed by atoms with Gasteiger partial charge >= 0.3 is 0 Å². The van der Waals surface area contributed by atoms with Crippen molar-refractivity contribution in [3.05, 3.63) is 28.2 Å². The first-order valence-electron chi connectivity index (χ1n) is 9.78. The van der Waals surface area contributed by atoms with Crippen LogP contribution in [0.2, 0.25) is 0 Å². The Morgan fingerprint density at radius 3 is 2.54 bits per heavy atom. The molecule has 7 nitrogen and oxygen atoms in total. The summed E-state index contributed by atoms with van der Waals surface area (Å²) in [5.74, 6) is 0.300. The van der Waals surface area contributed by atoms with Gasteiger partial charge in [0.2, 0.25) is 0 Å². The van der Waals surface area contributed by atoms with E-state index in [1.54, 1.807) is 0 Å². The molecule has 0 spiro atoms. The van der Waals surface area contributed by atoms with Crippen LogP contribution in [0.4, 0.5) is 0 Å². The molecule has 0 radical (unpaired) electrons. The molecule has 0 aromatic carbocycles. The third-order valence-corrected chi connectivity index (χ3v) is 5.11. The lowest BCUT2D eigenvalue weighted by Gasteiger charge is -2.38. The molecule has 26 heavy (non-hydrogen) atoms. The van der Waals surface area contributed by atoms with Gasteiger partial charge in [0.15, 0.2) is 0 Å². The van der Waals surface area contributed by atoms with Gasteiger partial charge in [-0.2, -0.15) is 5.10 Å². The molecule has 2 heterocycles. The van der Waals surface area contributed by atoms with Gasteiger partial charge in [0.05, 0.1) is 13.2 Å². The summed E-state index contributed by atoms with van der Waals surface area (Å²) in [7, 11) is 0. The second-order valence-electron chi connectivity index (χ2n) is 6.78. The predicted octanol–water partition coefficient (Wildman–Crippen LogP) is 1.52. The molecular formula is C19H32N4O3. The molecule has 0 aliphatic carbocycles. The maximum absolute atomic E-state index is 12.6. The van der Waals surface area contributed by atoms with Crippen LogP contribution in [0.25, 0.3) is 0 Å². The van der Waals surface area contributed by atoms with E-state index in [0.29, 0.717) is 30.7 Å². The topological polar surface area (TPSA) is 76.5 Å². The number of morpholine rings is 1. The van der Waals surface area contributed by atoms with Gasteiger partial charge < -0.3 is 10.1 Å². The highest BCUT2D eigenvalue weighted by atomic mass is 16.5. The van der Waals surface area contributed by atoms with Crippen molar-refractivity contribution >= 4 is 5.91 Å². The van der Waals surface area contributed by atoms with Crippen LogP contribution in [0.5, 0.6) is 0 Å². The van der Waals surface area contributed by atoms with E-state index in [9.17, 15) is 9.59 Å². The summed E-state index contributed by atoms with van der Waals surface area (Å²) in [5.41, 5.74) is 0.120. The van der Waals surface area contributed by atoms with Gasteiger partial charge in [0.1, 0.15) is 5.69 Å². The van der Waals surface area contributed by atoms with Crippen LogP contribution in [0.3, 0.4) is 0 Å². The van der Waals surface area contributed by atoms with Crippen LogP contribution in [-0.2, 0) is 11.3 Å². The number of hydrogen-bond acceptors (Lipinski definition) is 5. The lowest BCUT2D eigenvalue weighted by Crippen LogP contribution is -2.52. The Labute approximate surface area is 155 Å². The molecule has 1 aliphatic heterocycles. The smallest absolute Gasteiger partial charge is 0.271 e. The molecule has 2 rings (SSSR count). The van der Waals surface area contributed by atoms with Crippen molar-refractivity contribution in [2.45, 2.75) is 52.6 Å². The summed E-state index contributed by atoms with van der Waals surface area (Å²) in [6, 6.07) is 3.21. The average molecular weight is 364 g/mol. The first kappa shape index (κ1) is 20.6. The van der Waals surface area contributed by atoms with Gasteiger partial charge in [-0.15, -0.1) is 0 Å². The Morgan fingerprint density at radius 2 is 1.92 bits per heavy atom. The fourth-order valence-corrected chi connectivity index (χ4v) is 3.57. The van der Waals surface area contributed by atoms with E-state index in [1.807, 2.05) is 6.92 Å². The van der Waals surface area contributed by atoms with E-state index in [4.69, 9.17) is 4.74 Å². The highest BCUT2D eigenvalue weighted by molar-refractivity contribution is 5.92. The first-order chi connectivity index (χ1) is 12.6. The second-order valence-corrected chi connectivity index (χ2v) is 6.78. The molecule has 1 aromatic heterocycles. The molecule has 7 heteroatoms. The van der Waals surface area contributed by atoms with Gasteiger partial charge in [0, 0.05) is 38.3 Å². The summed E-state index contributed by atoms with van der Waals surface area (Å²) in [5, 5.41) is 7.23. The van der Waals surface area contributed by atoms with Crippen molar-refractivity contribution in [2.24, 2.45) is 5.92 Å². The van der Waals surface area contributed by atoms with Crippen LogP contribution < -0.4 is 10.9 Å². The van der Waals surface area contributed by atoms with E-state index in [1.165, 1.54) is 16.8 Å². The SMILES string of the molecule is CCCn1nc(C(=O)NC[C@@H](C(CC)CC)N2CCOCC2)ccc1=O. The fourth-order valence-electron chi connectivity index (χ4n) is 3.57. The summed E-state index contributed by atoms with van der Waals surface area (Å²) < 4.78 is 6.82. The number of aryl methyl sites for hydroxylation is 1. The van der Waals surface area contributed by atoms with E-state index in [0.717, 1.165) is 45.6 Å². The highest BCUT2D eigenvalue weighted by Gasteiger charge is 2.27. The lowest BCUT2D eigenvalue weighted by atomic mass is 9.92. The monoisotopic (exact) mass is 364 g/mol. The summed E-state index contributed by atoms with van der Waals surface area (Å²) in [6.07, 6.45) is 2.95. The third-order valence-electron chi connectivity index (χ3n) is 5.11. The number of rotatable bonds is 9. The van der Waals surface area contributed by atoms with E-state index >= 15 is 0 Å². The van der Waals surface area contributed by atoms with Crippen LogP contribution in [0.15, 0.2) is 16.9 Å². The van der Waals surface area contributed by atoms with Crippen molar-refractivity contribution in [1.29, 1.82) is 0 Å². The maximum Gasteiger partial charge on any atom is 0.271 e. The van der Waals surface area contributed by atoms with Crippen LogP contribution >= 0.6 is 0 Å². The maximum atomic E-state index is 12.6. The number of aromatic nitrogens is 2. The molecular weight excluding hydrogens is 332 g/mol. The van der Waals surface area contributed by atoms with Gasteiger partial charge in [-0.25, -0.2) is 4.68 Å². The van der Waals surface area contributed by atoms with Crippen LogP contribution in [-0.4, -0.2) is 59.5 Å². The second kappa shape index (κ2) is 10.4. The number of hydrogen-bond donors (Lipinski definition) is 1. The molecule has 146 valence electrons. The Kier molecular flexibility index (Phi) is 8.25. The molecule has 1 amide bonds. The Bertz CT molecular complexity index is 621. The number of amides is 1. The summed E-state index contributed by atoms with van der Waals surface area (Å²) in [4.78, 5) is 26.8. The number of nitrogens with one attached hydrogen (secondary N) is 1. The zero-order chi connectivity index (χ0) is 18.9. The van der Waals surface area contributed by atoms with Crippen molar-refractivity contribution in [2.75, 3.05) is 32.8 Å². The third kappa shape index (κ3) is 5.38. The fraction of sp³-hybridized carbons (Fsp3) is 0.737. The molecule has 1 saturated heterocycles. The van der Waals surface area contributed by atoms with Crippen molar-refractivity contribution in [3.8, 4) is 0 Å². The Hall–Kier alpha value is -1.73. The molecule has 1 fully saturated rings. The van der Waals surface area contributed by atoms with Crippen molar-refractivity contribution in [3.63, 3.8) is 0 Å². The molecule has 1 aliphatic rings. The normalized spacial score (nSPS) is 16.6. The number of nitrogens with zero attached hydrogens (tertiary/aromatic N) is 3. The summed E-state index contributed by atoms with van der Waals surface area (Å²) >= 11 is 0. The molecule has 1 atom stereocenters. The quantitative estimate of drug-likeness (QED) is 0.719. The van der Waals surface area contributed by atoms with Gasteiger partial charge in [-0.3, -0.25) is 14.5 Å². The Balaban J connectivity index is 2.05. The van der Waals surface area contributed by atoms with Gasteiger partial charge in [0.25, 0.3) is 11.5 Å². The van der Waals surface area contributed by atoms with Crippen LogP contribution in [0.1, 0.15) is 50.5 Å². The standard InChI is InChI=1S/C19H32N4O3/c1-4-9-23-18(24)8-7-16(21-23)19(25)20-14-17(15(5-2)6-3)22-10-12-26-13-11-22/h7-8,15,17H,4-6,9-14H2,1-3H3,(H,20,25)/t17-/m0/s1. The highest BCUT2D eigenvalue weighted by Crippen LogP contribution is 2.19. The zero-order valence-corrected chi connectivity index (χ0v) is 16.2. The van der Waals surface area contributed by atoms with E-state index in [-0.39, 0.29) is 11.5 Å². The minimum atomic E-state index is -0.223. The zero-order valence-electron chi connectivity index (χ0n) is 16.2. The van der Waals surface area contributed by atoms with Crippen molar-refractivity contribution in [1.82, 2.24) is 20.0 Å². The lowest BCUT2D eigenvalue weighted by molar-refractivity contribution is 0.00189. The molecule has 0 saturated carbocycles. The minimum Gasteiger partial charge on any atom is -0.379 e. The number of carbonyl (C=O) groups excluding carboxylic acids is 1. The predicted molar refractivity (Wildman–Crippen MR) is 101 cm³/mol. The van der Waals surface area contributed by atoms with E-state index in [2.05, 4.69) is 29.2 Å². The molecule has 0 bridgehead atoms. The number of ether oxygens (including phenoxy) is 1. The van der Waals surface area contributed by atoms with Gasteiger partial charge in [-0.05, 0) is 18.4 Å². The average Bonchev–Trinajstić information content (AvgIpc) is 2.67. The van der Waals surface area contributed by atoms with E-state index < -0.39 is 0 Å².